The van der Waals surface area contributed by atoms with Crippen LogP contribution < -0.4 is 10.1 Å². The van der Waals surface area contributed by atoms with Crippen molar-refractivity contribution in [2.45, 2.75) is 19.3 Å². The first-order valence-corrected chi connectivity index (χ1v) is 6.46. The van der Waals surface area contributed by atoms with Crippen molar-refractivity contribution in [2.75, 3.05) is 6.54 Å². The number of benzene rings is 1. The SMILES string of the molecule is CCNC(c1cccc(OC(F)(F)F)c1)c1cncn1C. The number of aromatic nitrogens is 2. The van der Waals surface area contributed by atoms with Crippen LogP contribution in [0.1, 0.15) is 24.2 Å². The van der Waals surface area contributed by atoms with Gasteiger partial charge in [0.2, 0.25) is 0 Å². The first-order chi connectivity index (χ1) is 9.90. The summed E-state index contributed by atoms with van der Waals surface area (Å²) in [4.78, 5) is 4.04. The number of nitrogens with zero attached hydrogens (tertiary/aromatic N) is 2. The quantitative estimate of drug-likeness (QED) is 0.922. The van der Waals surface area contributed by atoms with Crippen molar-refractivity contribution in [3.63, 3.8) is 0 Å². The van der Waals surface area contributed by atoms with Gasteiger partial charge < -0.3 is 14.6 Å². The van der Waals surface area contributed by atoms with E-state index in [2.05, 4.69) is 15.0 Å². The lowest BCUT2D eigenvalue weighted by molar-refractivity contribution is -0.274. The van der Waals surface area contributed by atoms with E-state index in [1.807, 2.05) is 18.5 Å². The van der Waals surface area contributed by atoms with Crippen molar-refractivity contribution in [1.29, 1.82) is 0 Å². The van der Waals surface area contributed by atoms with Crippen molar-refractivity contribution in [2.24, 2.45) is 7.05 Å². The normalized spacial score (nSPS) is 13.2. The molecule has 1 N–H and O–H groups in total. The van der Waals surface area contributed by atoms with Crippen LogP contribution in [-0.4, -0.2) is 22.5 Å². The van der Waals surface area contributed by atoms with Gasteiger partial charge in [-0.1, -0.05) is 19.1 Å². The van der Waals surface area contributed by atoms with E-state index in [1.54, 1.807) is 18.6 Å². The number of alkyl halides is 3. The van der Waals surface area contributed by atoms with Crippen molar-refractivity contribution in [3.8, 4) is 5.75 Å². The molecular weight excluding hydrogens is 283 g/mol. The van der Waals surface area contributed by atoms with Crippen LogP contribution in [-0.2, 0) is 7.05 Å². The maximum absolute atomic E-state index is 12.3. The largest absolute Gasteiger partial charge is 0.573 e. The smallest absolute Gasteiger partial charge is 0.406 e. The number of halogens is 3. The van der Waals surface area contributed by atoms with Crippen LogP contribution in [0.15, 0.2) is 36.8 Å². The lowest BCUT2D eigenvalue weighted by atomic mass is 10.0. The zero-order valence-corrected chi connectivity index (χ0v) is 11.7. The van der Waals surface area contributed by atoms with Gasteiger partial charge in [-0.05, 0) is 24.2 Å². The summed E-state index contributed by atoms with van der Waals surface area (Å²) in [5.74, 6) is -0.231. The summed E-state index contributed by atoms with van der Waals surface area (Å²) in [6, 6.07) is 5.71. The Bertz CT molecular complexity index is 595. The van der Waals surface area contributed by atoms with Gasteiger partial charge in [-0.25, -0.2) is 4.98 Å². The standard InChI is InChI=1S/C14H16F3N3O/c1-3-19-13(12-8-18-9-20(12)2)10-5-4-6-11(7-10)21-14(15,16)17/h4-9,13,19H,3H2,1-2H3. The summed E-state index contributed by atoms with van der Waals surface area (Å²) in [6.45, 7) is 2.60. The second-order valence-electron chi connectivity index (χ2n) is 4.54. The zero-order valence-electron chi connectivity index (χ0n) is 11.7. The minimum atomic E-state index is -4.70. The number of hydrogen-bond donors (Lipinski definition) is 1. The average molecular weight is 299 g/mol. The van der Waals surface area contributed by atoms with Crippen LogP contribution >= 0.6 is 0 Å². The Kier molecular flexibility index (Phi) is 4.52. The predicted molar refractivity (Wildman–Crippen MR) is 71.9 cm³/mol. The molecule has 1 heterocycles. The van der Waals surface area contributed by atoms with Gasteiger partial charge in [-0.2, -0.15) is 0 Å². The highest BCUT2D eigenvalue weighted by Crippen LogP contribution is 2.28. The van der Waals surface area contributed by atoms with Crippen molar-refractivity contribution in [1.82, 2.24) is 14.9 Å². The molecule has 1 unspecified atom stereocenters. The summed E-state index contributed by atoms with van der Waals surface area (Å²) in [7, 11) is 1.84. The number of aryl methyl sites for hydroxylation is 1. The second kappa shape index (κ2) is 6.17. The maximum atomic E-state index is 12.3. The van der Waals surface area contributed by atoms with Gasteiger partial charge in [-0.3, -0.25) is 0 Å². The Balaban J connectivity index is 2.33. The highest BCUT2D eigenvalue weighted by molar-refractivity contribution is 5.34. The molecule has 1 aromatic carbocycles. The molecule has 0 aliphatic carbocycles. The second-order valence-corrected chi connectivity index (χ2v) is 4.54. The van der Waals surface area contributed by atoms with E-state index >= 15 is 0 Å². The molecule has 0 saturated carbocycles. The Morgan fingerprint density at radius 2 is 2.14 bits per heavy atom. The molecule has 0 radical (unpaired) electrons. The fraction of sp³-hybridized carbons (Fsp3) is 0.357. The average Bonchev–Trinajstić information content (AvgIpc) is 2.80. The number of ether oxygens (including phenoxy) is 1. The monoisotopic (exact) mass is 299 g/mol. The molecular formula is C14H16F3N3O. The third-order valence-corrected chi connectivity index (χ3v) is 2.98. The van der Waals surface area contributed by atoms with E-state index in [0.717, 1.165) is 5.69 Å². The fourth-order valence-corrected chi connectivity index (χ4v) is 2.13. The Morgan fingerprint density at radius 3 is 2.71 bits per heavy atom. The topological polar surface area (TPSA) is 39.1 Å². The highest BCUT2D eigenvalue weighted by atomic mass is 19.4. The van der Waals surface area contributed by atoms with Gasteiger partial charge in [0, 0.05) is 7.05 Å². The number of rotatable bonds is 5. The molecule has 1 atom stereocenters. The Labute approximate surface area is 120 Å². The molecule has 1 aromatic heterocycles. The zero-order chi connectivity index (χ0) is 15.5. The lowest BCUT2D eigenvalue weighted by Crippen LogP contribution is -2.24. The van der Waals surface area contributed by atoms with Gasteiger partial charge >= 0.3 is 6.36 Å². The van der Waals surface area contributed by atoms with Gasteiger partial charge in [0.05, 0.1) is 24.3 Å². The third kappa shape index (κ3) is 3.98. The molecule has 0 fully saturated rings. The fourth-order valence-electron chi connectivity index (χ4n) is 2.13. The van der Waals surface area contributed by atoms with Crippen LogP contribution in [0, 0.1) is 0 Å². The van der Waals surface area contributed by atoms with E-state index in [1.165, 1.54) is 18.2 Å². The molecule has 2 rings (SSSR count). The number of hydrogen-bond acceptors (Lipinski definition) is 3. The highest BCUT2D eigenvalue weighted by Gasteiger charge is 2.31. The molecule has 0 aliphatic heterocycles. The summed E-state index contributed by atoms with van der Waals surface area (Å²) >= 11 is 0. The summed E-state index contributed by atoms with van der Waals surface area (Å²) in [5, 5.41) is 3.23. The molecule has 21 heavy (non-hydrogen) atoms. The minimum Gasteiger partial charge on any atom is -0.406 e. The Hall–Kier alpha value is -2.02. The van der Waals surface area contributed by atoms with Gasteiger partial charge in [-0.15, -0.1) is 13.2 Å². The van der Waals surface area contributed by atoms with Crippen LogP contribution in [0.2, 0.25) is 0 Å². The van der Waals surface area contributed by atoms with Crippen LogP contribution in [0.5, 0.6) is 5.75 Å². The molecule has 0 bridgehead atoms. The van der Waals surface area contributed by atoms with Gasteiger partial charge in [0.15, 0.2) is 0 Å². The van der Waals surface area contributed by atoms with Gasteiger partial charge in [0.25, 0.3) is 0 Å². The van der Waals surface area contributed by atoms with Crippen LogP contribution in [0.4, 0.5) is 13.2 Å². The minimum absolute atomic E-state index is 0.231. The molecule has 4 nitrogen and oxygen atoms in total. The lowest BCUT2D eigenvalue weighted by Gasteiger charge is -2.20. The summed E-state index contributed by atoms with van der Waals surface area (Å²) in [6.07, 6.45) is -1.36. The van der Waals surface area contributed by atoms with Crippen molar-refractivity contribution < 1.29 is 17.9 Å². The molecule has 2 aromatic rings. The van der Waals surface area contributed by atoms with E-state index in [4.69, 9.17) is 0 Å². The van der Waals surface area contributed by atoms with Crippen molar-refractivity contribution >= 4 is 0 Å². The predicted octanol–water partition coefficient (Wildman–Crippen LogP) is 3.02. The first-order valence-electron chi connectivity index (χ1n) is 6.46. The van der Waals surface area contributed by atoms with Crippen LogP contribution in [0.25, 0.3) is 0 Å². The first kappa shape index (κ1) is 15.4. The molecule has 7 heteroatoms. The molecule has 0 amide bonds. The maximum Gasteiger partial charge on any atom is 0.573 e. The molecule has 0 saturated heterocycles. The van der Waals surface area contributed by atoms with Crippen LogP contribution in [0.3, 0.4) is 0 Å². The van der Waals surface area contributed by atoms with E-state index in [-0.39, 0.29) is 11.8 Å². The third-order valence-electron chi connectivity index (χ3n) is 2.98. The molecule has 0 spiro atoms. The molecule has 0 aliphatic rings. The number of nitrogens with one attached hydrogen (secondary N) is 1. The Morgan fingerprint density at radius 1 is 1.38 bits per heavy atom. The molecule has 114 valence electrons. The van der Waals surface area contributed by atoms with Gasteiger partial charge in [0.1, 0.15) is 5.75 Å². The summed E-state index contributed by atoms with van der Waals surface area (Å²) < 4.78 is 42.7. The van der Waals surface area contributed by atoms with E-state index < -0.39 is 6.36 Å². The van der Waals surface area contributed by atoms with E-state index in [0.29, 0.717) is 12.1 Å². The van der Waals surface area contributed by atoms with Crippen molar-refractivity contribution in [3.05, 3.63) is 48.0 Å². The summed E-state index contributed by atoms with van der Waals surface area (Å²) in [5.41, 5.74) is 1.54. The van der Waals surface area contributed by atoms with E-state index in [9.17, 15) is 13.2 Å². The number of imidazole rings is 1.